The number of nitrogens with one attached hydrogen (secondary N) is 3. The molecule has 1 rings (SSSR count). The smallest absolute Gasteiger partial charge is 0.273 e. The molecule has 26 heavy (non-hydrogen) atoms. The predicted molar refractivity (Wildman–Crippen MR) is 102 cm³/mol. The van der Waals surface area contributed by atoms with E-state index in [0.29, 0.717) is 28.7 Å². The standard InChI is InChI=1S/C17H27N3O5S/c1-6-18-17(26)20-19-16(21)13-7-12(11(2)3)14(24-9-22-4)8-15(13)25-10-23-5/h7-8,11H,6,9-10H2,1-5H3,(H,19,21)(H2,18,20,26). The fourth-order valence-corrected chi connectivity index (χ4v) is 2.28. The average Bonchev–Trinajstić information content (AvgIpc) is 2.62. The van der Waals surface area contributed by atoms with Crippen molar-refractivity contribution in [1.82, 2.24) is 16.2 Å². The SMILES string of the molecule is CCNC(=S)NNC(=O)c1cc(C(C)C)c(OCOC)cc1OCOC. The number of hydrogen-bond donors (Lipinski definition) is 3. The van der Waals surface area contributed by atoms with Crippen LogP contribution in [0.15, 0.2) is 12.1 Å². The second-order valence-electron chi connectivity index (χ2n) is 5.58. The number of benzene rings is 1. The van der Waals surface area contributed by atoms with Crippen LogP contribution < -0.4 is 25.6 Å². The van der Waals surface area contributed by atoms with E-state index in [1.165, 1.54) is 14.2 Å². The molecule has 0 bridgehead atoms. The number of amides is 1. The number of hydrogen-bond acceptors (Lipinski definition) is 6. The van der Waals surface area contributed by atoms with Gasteiger partial charge in [0.15, 0.2) is 18.7 Å². The molecule has 9 heteroatoms. The van der Waals surface area contributed by atoms with Crippen molar-refractivity contribution in [1.29, 1.82) is 0 Å². The zero-order valence-corrected chi connectivity index (χ0v) is 16.6. The summed E-state index contributed by atoms with van der Waals surface area (Å²) in [4.78, 5) is 12.6. The molecule has 0 aliphatic carbocycles. The average molecular weight is 385 g/mol. The Balaban J connectivity index is 3.14. The molecule has 0 aromatic heterocycles. The van der Waals surface area contributed by atoms with Crippen molar-refractivity contribution in [2.24, 2.45) is 0 Å². The van der Waals surface area contributed by atoms with Crippen molar-refractivity contribution in [3.63, 3.8) is 0 Å². The van der Waals surface area contributed by atoms with Crippen molar-refractivity contribution in [2.75, 3.05) is 34.4 Å². The van der Waals surface area contributed by atoms with Crippen molar-refractivity contribution in [2.45, 2.75) is 26.7 Å². The first-order chi connectivity index (χ1) is 12.4. The van der Waals surface area contributed by atoms with Crippen molar-refractivity contribution in [3.8, 4) is 11.5 Å². The van der Waals surface area contributed by atoms with E-state index in [0.717, 1.165) is 5.56 Å². The summed E-state index contributed by atoms with van der Waals surface area (Å²) in [5, 5.41) is 3.21. The number of thiocarbonyl (C=S) groups is 1. The first kappa shape index (κ1) is 21.9. The third-order valence-corrected chi connectivity index (χ3v) is 3.52. The van der Waals surface area contributed by atoms with Crippen LogP contribution in [-0.4, -0.2) is 45.4 Å². The van der Waals surface area contributed by atoms with Crippen LogP contribution in [0.3, 0.4) is 0 Å². The molecule has 3 N–H and O–H groups in total. The maximum absolute atomic E-state index is 12.6. The lowest BCUT2D eigenvalue weighted by Crippen LogP contribution is -2.46. The molecule has 0 fully saturated rings. The van der Waals surface area contributed by atoms with Gasteiger partial charge in [0.05, 0.1) is 5.56 Å². The molecule has 0 atom stereocenters. The number of rotatable bonds is 9. The van der Waals surface area contributed by atoms with Gasteiger partial charge in [-0.05, 0) is 36.7 Å². The van der Waals surface area contributed by atoms with E-state index in [9.17, 15) is 4.79 Å². The summed E-state index contributed by atoms with van der Waals surface area (Å²) in [6.07, 6.45) is 0. The number of carbonyl (C=O) groups is 1. The number of ether oxygens (including phenoxy) is 4. The van der Waals surface area contributed by atoms with Crippen LogP contribution in [0, 0.1) is 0 Å². The highest BCUT2D eigenvalue weighted by molar-refractivity contribution is 7.80. The van der Waals surface area contributed by atoms with Gasteiger partial charge in [-0.25, -0.2) is 0 Å². The minimum absolute atomic E-state index is 0.00570. The van der Waals surface area contributed by atoms with E-state index in [1.54, 1.807) is 12.1 Å². The Kier molecular flexibility index (Phi) is 9.71. The Morgan fingerprint density at radius 2 is 1.69 bits per heavy atom. The normalized spacial score (nSPS) is 10.4. The lowest BCUT2D eigenvalue weighted by molar-refractivity contribution is 0.0449. The first-order valence-corrected chi connectivity index (χ1v) is 8.60. The summed E-state index contributed by atoms with van der Waals surface area (Å²) in [6, 6.07) is 3.39. The highest BCUT2D eigenvalue weighted by atomic mass is 32.1. The van der Waals surface area contributed by atoms with E-state index >= 15 is 0 Å². The Morgan fingerprint density at radius 3 is 2.23 bits per heavy atom. The van der Waals surface area contributed by atoms with Crippen molar-refractivity contribution < 1.29 is 23.7 Å². The van der Waals surface area contributed by atoms with Gasteiger partial charge in [-0.2, -0.15) is 0 Å². The monoisotopic (exact) mass is 385 g/mol. The zero-order chi connectivity index (χ0) is 19.5. The first-order valence-electron chi connectivity index (χ1n) is 8.20. The van der Waals surface area contributed by atoms with Gasteiger partial charge in [-0.15, -0.1) is 0 Å². The molecule has 0 aliphatic rings. The molecule has 0 spiro atoms. The predicted octanol–water partition coefficient (Wildman–Crippen LogP) is 1.90. The molecular weight excluding hydrogens is 358 g/mol. The van der Waals surface area contributed by atoms with Gasteiger partial charge in [0.25, 0.3) is 5.91 Å². The third kappa shape index (κ3) is 6.66. The summed E-state index contributed by atoms with van der Waals surface area (Å²) in [5.41, 5.74) is 6.38. The number of hydrazine groups is 1. The van der Waals surface area contributed by atoms with E-state index in [2.05, 4.69) is 16.2 Å². The van der Waals surface area contributed by atoms with Crippen LogP contribution in [0.2, 0.25) is 0 Å². The number of carbonyl (C=O) groups excluding carboxylic acids is 1. The van der Waals surface area contributed by atoms with Crippen LogP contribution in [0.25, 0.3) is 0 Å². The molecule has 0 saturated carbocycles. The summed E-state index contributed by atoms with van der Waals surface area (Å²) >= 11 is 5.04. The summed E-state index contributed by atoms with van der Waals surface area (Å²) in [7, 11) is 3.04. The second kappa shape index (κ2) is 11.5. The molecule has 0 aliphatic heterocycles. The molecule has 1 aromatic carbocycles. The van der Waals surface area contributed by atoms with Crippen LogP contribution in [-0.2, 0) is 9.47 Å². The Bertz CT molecular complexity index is 610. The van der Waals surface area contributed by atoms with Crippen molar-refractivity contribution in [3.05, 3.63) is 23.3 Å². The van der Waals surface area contributed by atoms with Gasteiger partial charge in [0.2, 0.25) is 0 Å². The Hall–Kier alpha value is -2.10. The minimum Gasteiger partial charge on any atom is -0.467 e. The Morgan fingerprint density at radius 1 is 1.08 bits per heavy atom. The van der Waals surface area contributed by atoms with Crippen LogP contribution in [0.5, 0.6) is 11.5 Å². The molecule has 0 unspecified atom stereocenters. The molecule has 1 aromatic rings. The van der Waals surface area contributed by atoms with Gasteiger partial charge in [-0.3, -0.25) is 15.6 Å². The largest absolute Gasteiger partial charge is 0.467 e. The molecule has 146 valence electrons. The molecule has 0 radical (unpaired) electrons. The topological polar surface area (TPSA) is 90.1 Å². The molecule has 8 nitrogen and oxygen atoms in total. The van der Waals surface area contributed by atoms with Crippen molar-refractivity contribution >= 4 is 23.2 Å². The van der Waals surface area contributed by atoms with Crippen LogP contribution in [0.1, 0.15) is 42.6 Å². The summed E-state index contributed by atoms with van der Waals surface area (Å²) in [5.74, 6) is 0.647. The fraction of sp³-hybridized carbons (Fsp3) is 0.529. The maximum Gasteiger partial charge on any atom is 0.273 e. The maximum atomic E-state index is 12.6. The zero-order valence-electron chi connectivity index (χ0n) is 15.8. The lowest BCUT2D eigenvalue weighted by Gasteiger charge is -2.19. The van der Waals surface area contributed by atoms with Crippen LogP contribution >= 0.6 is 12.2 Å². The molecule has 0 saturated heterocycles. The van der Waals surface area contributed by atoms with E-state index < -0.39 is 5.91 Å². The van der Waals surface area contributed by atoms with E-state index in [-0.39, 0.29) is 19.5 Å². The minimum atomic E-state index is -0.392. The van der Waals surface area contributed by atoms with E-state index in [1.807, 2.05) is 20.8 Å². The fourth-order valence-electron chi connectivity index (χ4n) is 2.08. The van der Waals surface area contributed by atoms with Gasteiger partial charge >= 0.3 is 0 Å². The van der Waals surface area contributed by atoms with Crippen LogP contribution in [0.4, 0.5) is 0 Å². The summed E-state index contributed by atoms with van der Waals surface area (Å²) in [6.45, 7) is 6.64. The highest BCUT2D eigenvalue weighted by Gasteiger charge is 2.20. The molecule has 0 heterocycles. The van der Waals surface area contributed by atoms with Gasteiger partial charge in [0, 0.05) is 26.8 Å². The Labute approximate surface area is 159 Å². The molecule has 1 amide bonds. The third-order valence-electron chi connectivity index (χ3n) is 3.27. The quantitative estimate of drug-likeness (QED) is 0.337. The highest BCUT2D eigenvalue weighted by Crippen LogP contribution is 2.34. The van der Waals surface area contributed by atoms with Gasteiger partial charge in [-0.1, -0.05) is 13.8 Å². The second-order valence-corrected chi connectivity index (χ2v) is 5.99. The van der Waals surface area contributed by atoms with Gasteiger partial charge in [0.1, 0.15) is 11.5 Å². The molecular formula is C17H27N3O5S. The summed E-state index contributed by atoms with van der Waals surface area (Å²) < 4.78 is 21.1. The van der Waals surface area contributed by atoms with Gasteiger partial charge < -0.3 is 24.3 Å². The van der Waals surface area contributed by atoms with E-state index in [4.69, 9.17) is 31.2 Å². The lowest BCUT2D eigenvalue weighted by atomic mass is 9.98. The number of methoxy groups -OCH3 is 2.